The van der Waals surface area contributed by atoms with E-state index in [0.29, 0.717) is 25.4 Å². The standard InChI is InChI=1S/C16H25N3O3/c1-22-15-6-3-2-5-14(15)19-9-7-13(12-19)11-18-16(21)17-8-4-10-20/h2-3,5-6,13,20H,4,7-12H2,1H3,(H2,17,18,21). The number of nitrogens with one attached hydrogen (secondary N) is 2. The van der Waals surface area contributed by atoms with Crippen molar-refractivity contribution in [3.8, 4) is 5.75 Å². The van der Waals surface area contributed by atoms with Crippen LogP contribution in [0, 0.1) is 5.92 Å². The Balaban J connectivity index is 1.77. The Morgan fingerprint density at radius 3 is 3.00 bits per heavy atom. The van der Waals surface area contributed by atoms with Crippen LogP contribution in [0.4, 0.5) is 10.5 Å². The van der Waals surface area contributed by atoms with Crippen molar-refractivity contribution in [1.82, 2.24) is 10.6 Å². The summed E-state index contributed by atoms with van der Waals surface area (Å²) in [5, 5.41) is 14.3. The molecule has 0 radical (unpaired) electrons. The maximum absolute atomic E-state index is 11.6. The van der Waals surface area contributed by atoms with Crippen LogP contribution in [0.15, 0.2) is 24.3 Å². The van der Waals surface area contributed by atoms with Gasteiger partial charge in [0.2, 0.25) is 0 Å². The first-order valence-corrected chi connectivity index (χ1v) is 7.75. The summed E-state index contributed by atoms with van der Waals surface area (Å²) >= 11 is 0. The zero-order valence-electron chi connectivity index (χ0n) is 13.0. The summed E-state index contributed by atoms with van der Waals surface area (Å²) in [7, 11) is 1.69. The smallest absolute Gasteiger partial charge is 0.314 e. The van der Waals surface area contributed by atoms with Crippen LogP contribution in [0.25, 0.3) is 0 Å². The number of aliphatic hydroxyl groups excluding tert-OH is 1. The van der Waals surface area contributed by atoms with Gasteiger partial charge in [-0.05, 0) is 30.9 Å². The second-order valence-electron chi connectivity index (χ2n) is 5.49. The molecule has 1 unspecified atom stereocenters. The number of urea groups is 1. The minimum absolute atomic E-state index is 0.0940. The average molecular weight is 307 g/mol. The average Bonchev–Trinajstić information content (AvgIpc) is 3.02. The van der Waals surface area contributed by atoms with Crippen molar-refractivity contribution in [3.05, 3.63) is 24.3 Å². The maximum atomic E-state index is 11.6. The molecule has 6 heteroatoms. The zero-order valence-corrected chi connectivity index (χ0v) is 13.0. The van der Waals surface area contributed by atoms with E-state index in [1.807, 2.05) is 18.2 Å². The number of hydrogen-bond acceptors (Lipinski definition) is 4. The van der Waals surface area contributed by atoms with Gasteiger partial charge in [0.25, 0.3) is 0 Å². The highest BCUT2D eigenvalue weighted by Gasteiger charge is 2.24. The van der Waals surface area contributed by atoms with Crippen LogP contribution < -0.4 is 20.3 Å². The number of nitrogens with zero attached hydrogens (tertiary/aromatic N) is 1. The Morgan fingerprint density at radius 2 is 2.23 bits per heavy atom. The highest BCUT2D eigenvalue weighted by Crippen LogP contribution is 2.31. The SMILES string of the molecule is COc1ccccc1N1CCC(CNC(=O)NCCCO)C1. The minimum atomic E-state index is -0.163. The van der Waals surface area contributed by atoms with Gasteiger partial charge in [-0.15, -0.1) is 0 Å². The molecule has 0 aromatic heterocycles. The number of para-hydroxylation sites is 2. The quantitative estimate of drug-likeness (QED) is 0.662. The maximum Gasteiger partial charge on any atom is 0.314 e. The van der Waals surface area contributed by atoms with Gasteiger partial charge in [-0.2, -0.15) is 0 Å². The fourth-order valence-corrected chi connectivity index (χ4v) is 2.69. The van der Waals surface area contributed by atoms with E-state index in [1.165, 1.54) is 0 Å². The van der Waals surface area contributed by atoms with Crippen LogP contribution in [0.2, 0.25) is 0 Å². The first-order valence-electron chi connectivity index (χ1n) is 7.75. The van der Waals surface area contributed by atoms with E-state index in [4.69, 9.17) is 9.84 Å². The van der Waals surface area contributed by atoms with Crippen molar-refractivity contribution in [2.75, 3.05) is 44.8 Å². The van der Waals surface area contributed by atoms with Gasteiger partial charge in [0.15, 0.2) is 0 Å². The Hall–Kier alpha value is -1.95. The van der Waals surface area contributed by atoms with Gasteiger partial charge in [-0.3, -0.25) is 0 Å². The molecule has 0 spiro atoms. The summed E-state index contributed by atoms with van der Waals surface area (Å²) < 4.78 is 5.40. The highest BCUT2D eigenvalue weighted by atomic mass is 16.5. The third-order valence-corrected chi connectivity index (χ3v) is 3.88. The van der Waals surface area contributed by atoms with Crippen molar-refractivity contribution in [2.24, 2.45) is 5.92 Å². The second-order valence-corrected chi connectivity index (χ2v) is 5.49. The van der Waals surface area contributed by atoms with E-state index in [2.05, 4.69) is 21.6 Å². The van der Waals surface area contributed by atoms with Gasteiger partial charge in [0, 0.05) is 32.8 Å². The largest absolute Gasteiger partial charge is 0.495 e. The molecule has 1 aliphatic rings. The Labute approximate surface area is 131 Å². The van der Waals surface area contributed by atoms with Gasteiger partial charge in [-0.1, -0.05) is 12.1 Å². The van der Waals surface area contributed by atoms with Crippen LogP contribution >= 0.6 is 0 Å². The second kappa shape index (κ2) is 8.48. The Morgan fingerprint density at radius 1 is 1.41 bits per heavy atom. The van der Waals surface area contributed by atoms with Crippen molar-refractivity contribution in [3.63, 3.8) is 0 Å². The van der Waals surface area contributed by atoms with Crippen LogP contribution in [0.5, 0.6) is 5.75 Å². The number of rotatable bonds is 7. The normalized spacial score (nSPS) is 17.4. The molecule has 0 aliphatic carbocycles. The molecular formula is C16H25N3O3. The number of anilines is 1. The van der Waals surface area contributed by atoms with Gasteiger partial charge in [0.1, 0.15) is 5.75 Å². The molecule has 1 heterocycles. The number of amides is 2. The van der Waals surface area contributed by atoms with Crippen molar-refractivity contribution < 1.29 is 14.6 Å². The minimum Gasteiger partial charge on any atom is -0.495 e. The number of benzene rings is 1. The van der Waals surface area contributed by atoms with Crippen molar-refractivity contribution in [1.29, 1.82) is 0 Å². The molecule has 2 amide bonds. The number of carbonyl (C=O) groups is 1. The first kappa shape index (κ1) is 16.4. The summed E-state index contributed by atoms with van der Waals surface area (Å²) in [6.45, 7) is 3.14. The molecule has 1 aromatic rings. The molecule has 122 valence electrons. The van der Waals surface area contributed by atoms with E-state index in [1.54, 1.807) is 7.11 Å². The molecule has 1 saturated heterocycles. The lowest BCUT2D eigenvalue weighted by Gasteiger charge is -2.21. The van der Waals surface area contributed by atoms with Gasteiger partial charge in [0.05, 0.1) is 12.8 Å². The summed E-state index contributed by atoms with van der Waals surface area (Å²) in [4.78, 5) is 13.9. The number of aliphatic hydroxyl groups is 1. The van der Waals surface area contributed by atoms with E-state index < -0.39 is 0 Å². The third-order valence-electron chi connectivity index (χ3n) is 3.88. The van der Waals surface area contributed by atoms with Gasteiger partial charge < -0.3 is 25.4 Å². The summed E-state index contributed by atoms with van der Waals surface area (Å²) in [6, 6.07) is 7.85. The van der Waals surface area contributed by atoms with Crippen molar-refractivity contribution in [2.45, 2.75) is 12.8 Å². The first-order chi connectivity index (χ1) is 10.7. The number of methoxy groups -OCH3 is 1. The summed E-state index contributed by atoms with van der Waals surface area (Å²) in [5.74, 6) is 1.33. The Kier molecular flexibility index (Phi) is 6.33. The molecular weight excluding hydrogens is 282 g/mol. The van der Waals surface area contributed by atoms with E-state index in [-0.39, 0.29) is 12.6 Å². The monoisotopic (exact) mass is 307 g/mol. The predicted molar refractivity (Wildman–Crippen MR) is 86.4 cm³/mol. The molecule has 0 bridgehead atoms. The topological polar surface area (TPSA) is 73.8 Å². The van der Waals surface area contributed by atoms with Crippen LogP contribution in [0.3, 0.4) is 0 Å². The molecule has 3 N–H and O–H groups in total. The number of ether oxygens (including phenoxy) is 1. The Bertz CT molecular complexity index is 481. The lowest BCUT2D eigenvalue weighted by Crippen LogP contribution is -2.39. The van der Waals surface area contributed by atoms with E-state index in [9.17, 15) is 4.79 Å². The fourth-order valence-electron chi connectivity index (χ4n) is 2.69. The molecule has 1 atom stereocenters. The van der Waals surface area contributed by atoms with Crippen LogP contribution in [-0.4, -0.2) is 51.0 Å². The molecule has 1 fully saturated rings. The number of hydrogen-bond donors (Lipinski definition) is 3. The lowest BCUT2D eigenvalue weighted by molar-refractivity contribution is 0.236. The van der Waals surface area contributed by atoms with E-state index >= 15 is 0 Å². The predicted octanol–water partition coefficient (Wildman–Crippen LogP) is 1.20. The molecule has 2 rings (SSSR count). The molecule has 0 saturated carbocycles. The third kappa shape index (κ3) is 4.53. The zero-order chi connectivity index (χ0) is 15.8. The van der Waals surface area contributed by atoms with E-state index in [0.717, 1.165) is 30.9 Å². The van der Waals surface area contributed by atoms with Crippen LogP contribution in [-0.2, 0) is 0 Å². The van der Waals surface area contributed by atoms with Gasteiger partial charge in [-0.25, -0.2) is 4.79 Å². The molecule has 1 aliphatic heterocycles. The van der Waals surface area contributed by atoms with Gasteiger partial charge >= 0.3 is 6.03 Å². The van der Waals surface area contributed by atoms with Crippen molar-refractivity contribution >= 4 is 11.7 Å². The number of carbonyl (C=O) groups excluding carboxylic acids is 1. The summed E-state index contributed by atoms with van der Waals surface area (Å²) in [5.41, 5.74) is 1.11. The molecule has 1 aromatic carbocycles. The fraction of sp³-hybridized carbons (Fsp3) is 0.562. The molecule has 22 heavy (non-hydrogen) atoms. The summed E-state index contributed by atoms with van der Waals surface area (Å²) in [6.07, 6.45) is 1.63. The molecule has 6 nitrogen and oxygen atoms in total. The highest BCUT2D eigenvalue weighted by molar-refractivity contribution is 5.73. The lowest BCUT2D eigenvalue weighted by atomic mass is 10.1. The van der Waals surface area contributed by atoms with Crippen LogP contribution in [0.1, 0.15) is 12.8 Å².